The Bertz CT molecular complexity index is 977. The van der Waals surface area contributed by atoms with Gasteiger partial charge in [-0.25, -0.2) is 4.79 Å². The van der Waals surface area contributed by atoms with Crippen molar-refractivity contribution in [2.24, 2.45) is 22.7 Å². The SMILES string of the molecule is C[C@]12CCC(N3CCNCC3)C=C1CC[C@@H]1[C@@H]2CC[C@]2(C)[C@@H](c3ccc(=O)oc3)CC[C@]12O. The summed E-state index contributed by atoms with van der Waals surface area (Å²) in [7, 11) is 0. The lowest BCUT2D eigenvalue weighted by Gasteiger charge is -2.62. The second-order valence-electron chi connectivity index (χ2n) is 12.1. The van der Waals surface area contributed by atoms with Crippen molar-refractivity contribution in [1.82, 2.24) is 10.2 Å². The van der Waals surface area contributed by atoms with Gasteiger partial charge in [-0.05, 0) is 86.2 Å². The molecule has 4 fully saturated rings. The standard InChI is InChI=1S/C28H40N2O3/c1-26-10-7-21(30-15-13-29-14-16-30)17-20(26)4-5-24-23(26)8-11-27(2)22(9-12-28(24,27)32)19-3-6-25(31)33-18-19/h3,6,17-18,21-24,29,32H,4-5,7-16H2,1-2H3/t21?,22-,23+,24-,26+,27-,28+/m1/s1. The third-order valence-electron chi connectivity index (χ3n) is 11.0. The first-order chi connectivity index (χ1) is 15.8. The lowest BCUT2D eigenvalue weighted by atomic mass is 9.45. The minimum absolute atomic E-state index is 0.149. The van der Waals surface area contributed by atoms with Crippen LogP contribution in [0.4, 0.5) is 0 Å². The quantitative estimate of drug-likeness (QED) is 0.662. The summed E-state index contributed by atoms with van der Waals surface area (Å²) >= 11 is 0. The van der Waals surface area contributed by atoms with Crippen molar-refractivity contribution in [3.05, 3.63) is 46.0 Å². The van der Waals surface area contributed by atoms with Crippen molar-refractivity contribution in [3.63, 3.8) is 0 Å². The number of allylic oxidation sites excluding steroid dienone is 1. The fourth-order valence-electron chi connectivity index (χ4n) is 9.08. The van der Waals surface area contributed by atoms with E-state index in [9.17, 15) is 9.90 Å². The van der Waals surface area contributed by atoms with E-state index in [2.05, 4.69) is 30.1 Å². The molecule has 1 aliphatic heterocycles. The number of hydrogen-bond acceptors (Lipinski definition) is 5. The van der Waals surface area contributed by atoms with Crippen molar-refractivity contribution in [3.8, 4) is 0 Å². The first-order valence-electron chi connectivity index (χ1n) is 13.3. The summed E-state index contributed by atoms with van der Waals surface area (Å²) in [4.78, 5) is 14.2. The van der Waals surface area contributed by atoms with Gasteiger partial charge in [0.05, 0.1) is 11.9 Å². The number of piperazine rings is 1. The molecular formula is C28H40N2O3. The molecule has 1 unspecified atom stereocenters. The van der Waals surface area contributed by atoms with Crippen LogP contribution in [0.3, 0.4) is 0 Å². The van der Waals surface area contributed by atoms with Gasteiger partial charge >= 0.3 is 5.63 Å². The van der Waals surface area contributed by atoms with E-state index in [0.29, 0.717) is 17.9 Å². The number of aliphatic hydroxyl groups is 1. The van der Waals surface area contributed by atoms with Gasteiger partial charge in [-0.15, -0.1) is 0 Å². The van der Waals surface area contributed by atoms with Gasteiger partial charge in [0.1, 0.15) is 0 Å². The van der Waals surface area contributed by atoms with Crippen LogP contribution in [0.2, 0.25) is 0 Å². The second kappa shape index (κ2) is 7.79. The zero-order chi connectivity index (χ0) is 22.8. The van der Waals surface area contributed by atoms with Gasteiger partial charge in [0, 0.05) is 43.7 Å². The minimum atomic E-state index is -0.624. The number of hydrogen-bond donors (Lipinski definition) is 2. The second-order valence-corrected chi connectivity index (χ2v) is 12.1. The van der Waals surface area contributed by atoms with Crippen LogP contribution in [0.25, 0.3) is 0 Å². The molecule has 5 nitrogen and oxygen atoms in total. The molecule has 1 saturated heterocycles. The topological polar surface area (TPSA) is 65.7 Å². The smallest absolute Gasteiger partial charge is 0.335 e. The monoisotopic (exact) mass is 452 g/mol. The Balaban J connectivity index is 1.28. The van der Waals surface area contributed by atoms with Crippen LogP contribution >= 0.6 is 0 Å². The van der Waals surface area contributed by atoms with Crippen LogP contribution in [-0.4, -0.2) is 47.8 Å². The molecule has 0 aromatic carbocycles. The van der Waals surface area contributed by atoms with Crippen LogP contribution in [-0.2, 0) is 0 Å². The summed E-state index contributed by atoms with van der Waals surface area (Å²) in [5.74, 6) is 1.21. The van der Waals surface area contributed by atoms with Crippen molar-refractivity contribution in [2.75, 3.05) is 26.2 Å². The van der Waals surface area contributed by atoms with Gasteiger partial charge in [0.2, 0.25) is 0 Å². The van der Waals surface area contributed by atoms with Crippen molar-refractivity contribution < 1.29 is 9.52 Å². The molecule has 180 valence electrons. The Kier molecular flexibility index (Phi) is 5.21. The summed E-state index contributed by atoms with van der Waals surface area (Å²) in [5.41, 5.74) is 1.94. The van der Waals surface area contributed by atoms with E-state index in [1.54, 1.807) is 11.8 Å². The first-order valence-corrected chi connectivity index (χ1v) is 13.3. The molecule has 0 bridgehead atoms. The van der Waals surface area contributed by atoms with Crippen LogP contribution in [0.15, 0.2) is 39.3 Å². The number of rotatable bonds is 2. The molecule has 2 N–H and O–H groups in total. The van der Waals surface area contributed by atoms with Crippen molar-refractivity contribution >= 4 is 0 Å². The zero-order valence-corrected chi connectivity index (χ0v) is 20.3. The predicted molar refractivity (Wildman–Crippen MR) is 129 cm³/mol. The van der Waals surface area contributed by atoms with E-state index in [4.69, 9.17) is 4.42 Å². The summed E-state index contributed by atoms with van der Waals surface area (Å²) in [5, 5.41) is 15.9. The average molecular weight is 453 g/mol. The van der Waals surface area contributed by atoms with Gasteiger partial charge in [0.25, 0.3) is 0 Å². The Morgan fingerprint density at radius 3 is 2.61 bits per heavy atom. The minimum Gasteiger partial charge on any atom is -0.431 e. The van der Waals surface area contributed by atoms with E-state index >= 15 is 0 Å². The van der Waals surface area contributed by atoms with E-state index < -0.39 is 5.60 Å². The summed E-state index contributed by atoms with van der Waals surface area (Å²) in [6.45, 7) is 9.39. The molecule has 7 atom stereocenters. The molecule has 0 amide bonds. The molecule has 4 aliphatic carbocycles. The third-order valence-corrected chi connectivity index (χ3v) is 11.0. The molecule has 6 rings (SSSR count). The van der Waals surface area contributed by atoms with E-state index in [1.165, 1.54) is 25.3 Å². The largest absolute Gasteiger partial charge is 0.431 e. The Labute approximate surface area is 197 Å². The Morgan fingerprint density at radius 2 is 1.85 bits per heavy atom. The molecule has 5 heteroatoms. The van der Waals surface area contributed by atoms with Gasteiger partial charge in [0.15, 0.2) is 0 Å². The van der Waals surface area contributed by atoms with Crippen LogP contribution in [0.1, 0.15) is 76.7 Å². The highest BCUT2D eigenvalue weighted by Crippen LogP contribution is 2.70. The summed E-state index contributed by atoms with van der Waals surface area (Å²) < 4.78 is 5.23. The van der Waals surface area contributed by atoms with Gasteiger partial charge in [-0.1, -0.05) is 25.5 Å². The summed E-state index contributed by atoms with van der Waals surface area (Å²) in [6, 6.07) is 4.07. The van der Waals surface area contributed by atoms with Crippen LogP contribution in [0.5, 0.6) is 0 Å². The predicted octanol–water partition coefficient (Wildman–Crippen LogP) is 4.07. The van der Waals surface area contributed by atoms with Gasteiger partial charge in [-0.2, -0.15) is 0 Å². The number of fused-ring (bicyclic) bond motifs is 5. The number of nitrogens with one attached hydrogen (secondary N) is 1. The fourth-order valence-corrected chi connectivity index (χ4v) is 9.08. The zero-order valence-electron chi connectivity index (χ0n) is 20.3. The summed E-state index contributed by atoms with van der Waals surface area (Å²) in [6.07, 6.45) is 13.2. The number of nitrogens with zero attached hydrogens (tertiary/aromatic N) is 1. The maximum Gasteiger partial charge on any atom is 0.335 e. The highest BCUT2D eigenvalue weighted by molar-refractivity contribution is 5.31. The van der Waals surface area contributed by atoms with E-state index in [0.717, 1.165) is 63.8 Å². The van der Waals surface area contributed by atoms with Gasteiger partial charge in [-0.3, -0.25) is 4.90 Å². The molecule has 33 heavy (non-hydrogen) atoms. The lowest BCUT2D eigenvalue weighted by Crippen LogP contribution is -2.60. The molecule has 3 saturated carbocycles. The molecule has 1 aromatic heterocycles. The highest BCUT2D eigenvalue weighted by atomic mass is 16.4. The maximum atomic E-state index is 12.4. The highest BCUT2D eigenvalue weighted by Gasteiger charge is 2.66. The average Bonchev–Trinajstić information content (AvgIpc) is 3.11. The molecule has 1 aromatic rings. The molecular weight excluding hydrogens is 412 g/mol. The van der Waals surface area contributed by atoms with Gasteiger partial charge < -0.3 is 14.8 Å². The Hall–Kier alpha value is -1.43. The van der Waals surface area contributed by atoms with Crippen molar-refractivity contribution in [2.45, 2.75) is 82.8 Å². The molecule has 0 radical (unpaired) electrons. The fraction of sp³-hybridized carbons (Fsp3) is 0.750. The molecule has 0 spiro atoms. The first kappa shape index (κ1) is 22.1. The lowest BCUT2D eigenvalue weighted by molar-refractivity contribution is -0.177. The normalized spacial score (nSPS) is 45.6. The Morgan fingerprint density at radius 1 is 1.03 bits per heavy atom. The van der Waals surface area contributed by atoms with Crippen LogP contribution < -0.4 is 10.9 Å². The van der Waals surface area contributed by atoms with E-state index in [1.807, 2.05) is 6.07 Å². The van der Waals surface area contributed by atoms with Crippen LogP contribution in [0, 0.1) is 22.7 Å². The van der Waals surface area contributed by atoms with E-state index in [-0.39, 0.29) is 22.4 Å². The third kappa shape index (κ3) is 3.18. The molecule has 5 aliphatic rings. The maximum absolute atomic E-state index is 12.4. The van der Waals surface area contributed by atoms with Crippen molar-refractivity contribution in [1.29, 1.82) is 0 Å². The molecule has 2 heterocycles.